The van der Waals surface area contributed by atoms with Gasteiger partial charge in [0, 0.05) is 96.1 Å². The van der Waals surface area contributed by atoms with E-state index in [4.69, 9.17) is 9.47 Å². The summed E-state index contributed by atoms with van der Waals surface area (Å²) < 4.78 is 52.7. The van der Waals surface area contributed by atoms with Gasteiger partial charge < -0.3 is 24.2 Å². The number of carbonyl (C=O) groups is 2. The Morgan fingerprint density at radius 2 is 1.60 bits per heavy atom. The van der Waals surface area contributed by atoms with Gasteiger partial charge in [0.25, 0.3) is 0 Å². The minimum absolute atomic E-state index is 0.0445. The normalized spacial score (nSPS) is 24.9. The molecule has 4 saturated heterocycles. The molecular formula is C36H47F3N4O4. The van der Waals surface area contributed by atoms with Gasteiger partial charge in [-0.15, -0.1) is 0 Å². The van der Waals surface area contributed by atoms with Crippen LogP contribution in [0.5, 0.6) is 5.75 Å². The standard InChI is InChI=1S/C36H47F3N4O4/c1-40(2)34(44)25-10-15-41(16-11-25)33-20-27(36(37,38)39)6-9-30(33)26-12-17-42(21-26)35(45)32-23-43(28-13-18-47-19-14-28)22-31(32)24-4-7-29(46-3)8-5-24/h4-9,20,25-26,28,31-32H,10-19,21-23H2,1-3H3/t26-,31+,32-/m1/s1. The van der Waals surface area contributed by atoms with E-state index < -0.39 is 11.7 Å². The van der Waals surface area contributed by atoms with Crippen LogP contribution in [-0.2, 0) is 20.5 Å². The molecule has 0 unspecified atom stereocenters. The Labute approximate surface area is 275 Å². The zero-order chi connectivity index (χ0) is 33.3. The van der Waals surface area contributed by atoms with Crippen LogP contribution in [0.2, 0.25) is 0 Å². The highest BCUT2D eigenvalue weighted by Crippen LogP contribution is 2.42. The van der Waals surface area contributed by atoms with Gasteiger partial charge in [-0.1, -0.05) is 18.2 Å². The topological polar surface area (TPSA) is 65.6 Å². The second-order valence-electron chi connectivity index (χ2n) is 13.8. The van der Waals surface area contributed by atoms with E-state index in [0.29, 0.717) is 63.7 Å². The van der Waals surface area contributed by atoms with Crippen molar-refractivity contribution in [1.82, 2.24) is 14.7 Å². The van der Waals surface area contributed by atoms with E-state index in [1.807, 2.05) is 21.9 Å². The van der Waals surface area contributed by atoms with Gasteiger partial charge in [-0.25, -0.2) is 0 Å². The number of benzene rings is 2. The highest BCUT2D eigenvalue weighted by molar-refractivity contribution is 5.81. The van der Waals surface area contributed by atoms with Crippen molar-refractivity contribution in [2.75, 3.05) is 78.6 Å². The maximum Gasteiger partial charge on any atom is 0.416 e. The number of hydrogen-bond acceptors (Lipinski definition) is 6. The first-order valence-electron chi connectivity index (χ1n) is 16.9. The number of nitrogens with zero attached hydrogens (tertiary/aromatic N) is 4. The lowest BCUT2D eigenvalue weighted by Crippen LogP contribution is -2.41. The van der Waals surface area contributed by atoms with Crippen LogP contribution >= 0.6 is 0 Å². The molecule has 0 aliphatic carbocycles. The predicted molar refractivity (Wildman–Crippen MR) is 174 cm³/mol. The van der Waals surface area contributed by atoms with Crippen LogP contribution in [0.3, 0.4) is 0 Å². The van der Waals surface area contributed by atoms with Gasteiger partial charge in [0.05, 0.1) is 18.6 Å². The fourth-order valence-corrected chi connectivity index (χ4v) is 8.14. The number of likely N-dealkylation sites (tertiary alicyclic amines) is 2. The van der Waals surface area contributed by atoms with Crippen molar-refractivity contribution >= 4 is 17.5 Å². The summed E-state index contributed by atoms with van der Waals surface area (Å²) >= 11 is 0. The van der Waals surface area contributed by atoms with Crippen molar-refractivity contribution in [2.45, 2.75) is 56.2 Å². The third kappa shape index (κ3) is 7.26. The van der Waals surface area contributed by atoms with Gasteiger partial charge in [-0.2, -0.15) is 13.2 Å². The number of alkyl halides is 3. The number of anilines is 1. The molecule has 4 fully saturated rings. The molecule has 6 rings (SSSR count). The van der Waals surface area contributed by atoms with Gasteiger partial charge >= 0.3 is 6.18 Å². The Balaban J connectivity index is 1.21. The van der Waals surface area contributed by atoms with E-state index >= 15 is 0 Å². The third-order valence-electron chi connectivity index (χ3n) is 10.8. The van der Waals surface area contributed by atoms with E-state index in [1.165, 1.54) is 12.1 Å². The molecule has 2 aromatic rings. The van der Waals surface area contributed by atoms with E-state index in [0.717, 1.165) is 49.5 Å². The van der Waals surface area contributed by atoms with E-state index in [-0.39, 0.29) is 35.5 Å². The predicted octanol–water partition coefficient (Wildman–Crippen LogP) is 5.23. The van der Waals surface area contributed by atoms with Gasteiger partial charge in [-0.3, -0.25) is 14.5 Å². The zero-order valence-electron chi connectivity index (χ0n) is 27.7. The summed E-state index contributed by atoms with van der Waals surface area (Å²) in [6.07, 6.45) is -0.651. The third-order valence-corrected chi connectivity index (χ3v) is 10.8. The van der Waals surface area contributed by atoms with Crippen LogP contribution in [0.15, 0.2) is 42.5 Å². The van der Waals surface area contributed by atoms with Crippen LogP contribution in [-0.4, -0.2) is 106 Å². The van der Waals surface area contributed by atoms with Gasteiger partial charge in [0.15, 0.2) is 0 Å². The van der Waals surface area contributed by atoms with E-state index in [1.54, 1.807) is 32.2 Å². The SMILES string of the molecule is COc1ccc([C@@H]2CN(C3CCOCC3)C[C@H]2C(=O)N2CC[C@@H](c3ccc(C(F)(F)F)cc3N3CCC(C(=O)N(C)C)CC3)C2)cc1. The minimum atomic E-state index is -4.46. The summed E-state index contributed by atoms with van der Waals surface area (Å²) in [4.78, 5) is 34.9. The van der Waals surface area contributed by atoms with Crippen molar-refractivity contribution in [2.24, 2.45) is 11.8 Å². The summed E-state index contributed by atoms with van der Waals surface area (Å²) in [6, 6.07) is 12.5. The molecule has 0 saturated carbocycles. The van der Waals surface area contributed by atoms with Crippen molar-refractivity contribution in [1.29, 1.82) is 0 Å². The van der Waals surface area contributed by atoms with Crippen molar-refractivity contribution in [3.8, 4) is 5.75 Å². The number of methoxy groups -OCH3 is 1. The zero-order valence-corrected chi connectivity index (χ0v) is 27.7. The largest absolute Gasteiger partial charge is 0.497 e. The van der Waals surface area contributed by atoms with Crippen LogP contribution in [0.4, 0.5) is 18.9 Å². The van der Waals surface area contributed by atoms with Crippen molar-refractivity contribution < 1.29 is 32.2 Å². The number of rotatable bonds is 7. The summed E-state index contributed by atoms with van der Waals surface area (Å²) in [6.45, 7) is 5.05. The molecular weight excluding hydrogens is 609 g/mol. The highest BCUT2D eigenvalue weighted by Gasteiger charge is 2.44. The van der Waals surface area contributed by atoms with Crippen LogP contribution in [0.1, 0.15) is 60.6 Å². The molecule has 4 aliphatic rings. The average Bonchev–Trinajstić information content (AvgIpc) is 3.76. The van der Waals surface area contributed by atoms with Gasteiger partial charge in [0.2, 0.25) is 11.8 Å². The molecule has 0 bridgehead atoms. The van der Waals surface area contributed by atoms with Crippen LogP contribution in [0, 0.1) is 11.8 Å². The number of halogens is 3. The fourth-order valence-electron chi connectivity index (χ4n) is 8.14. The average molecular weight is 657 g/mol. The molecule has 0 aromatic heterocycles. The molecule has 3 atom stereocenters. The van der Waals surface area contributed by atoms with Crippen LogP contribution < -0.4 is 9.64 Å². The van der Waals surface area contributed by atoms with Crippen molar-refractivity contribution in [3.63, 3.8) is 0 Å². The summed E-state index contributed by atoms with van der Waals surface area (Å²) in [7, 11) is 5.11. The Morgan fingerprint density at radius 3 is 2.23 bits per heavy atom. The Bertz CT molecular complexity index is 1400. The maximum absolute atomic E-state index is 14.3. The first-order chi connectivity index (χ1) is 22.5. The Morgan fingerprint density at radius 1 is 0.894 bits per heavy atom. The van der Waals surface area contributed by atoms with E-state index in [2.05, 4.69) is 17.0 Å². The lowest BCUT2D eigenvalue weighted by atomic mass is 9.88. The molecule has 8 nitrogen and oxygen atoms in total. The minimum Gasteiger partial charge on any atom is -0.497 e. The van der Waals surface area contributed by atoms with E-state index in [9.17, 15) is 22.8 Å². The molecule has 0 radical (unpaired) electrons. The number of hydrogen-bond donors (Lipinski definition) is 0. The monoisotopic (exact) mass is 656 g/mol. The summed E-state index contributed by atoms with van der Waals surface area (Å²) in [5, 5.41) is 0. The van der Waals surface area contributed by atoms with Gasteiger partial charge in [-0.05, 0) is 67.5 Å². The molecule has 4 aliphatic heterocycles. The summed E-state index contributed by atoms with van der Waals surface area (Å²) in [5.41, 5.74) is 1.89. The second kappa shape index (κ2) is 14.0. The maximum atomic E-state index is 14.3. The number of piperidine rings is 1. The first-order valence-corrected chi connectivity index (χ1v) is 16.9. The lowest BCUT2D eigenvalue weighted by molar-refractivity contribution is -0.137. The number of ether oxygens (including phenoxy) is 2. The second-order valence-corrected chi connectivity index (χ2v) is 13.8. The molecule has 4 heterocycles. The molecule has 0 N–H and O–H groups in total. The Kier molecular flexibility index (Phi) is 10.0. The smallest absolute Gasteiger partial charge is 0.416 e. The first kappa shape index (κ1) is 33.6. The van der Waals surface area contributed by atoms with Gasteiger partial charge in [0.1, 0.15) is 5.75 Å². The molecule has 47 heavy (non-hydrogen) atoms. The van der Waals surface area contributed by atoms with Crippen molar-refractivity contribution in [3.05, 3.63) is 59.2 Å². The molecule has 11 heteroatoms. The number of carbonyl (C=O) groups excluding carboxylic acids is 2. The Hall–Kier alpha value is -3.31. The van der Waals surface area contributed by atoms with Crippen LogP contribution in [0.25, 0.3) is 0 Å². The fraction of sp³-hybridized carbons (Fsp3) is 0.611. The summed E-state index contributed by atoms with van der Waals surface area (Å²) in [5.74, 6) is 0.617. The number of amides is 2. The molecule has 0 spiro atoms. The quantitative estimate of drug-likeness (QED) is 0.407. The highest BCUT2D eigenvalue weighted by atomic mass is 19.4. The molecule has 2 aromatic carbocycles. The lowest BCUT2D eigenvalue weighted by Gasteiger charge is -2.36. The molecule has 2 amide bonds. The molecule has 256 valence electrons.